The van der Waals surface area contributed by atoms with E-state index in [4.69, 9.17) is 18.9 Å². The molecule has 0 aromatic rings. The van der Waals surface area contributed by atoms with Crippen LogP contribution in [0.4, 0.5) is 0 Å². The molecule has 0 amide bonds. The summed E-state index contributed by atoms with van der Waals surface area (Å²) in [5, 5.41) is 0. The molecule has 1 aliphatic heterocycles. The molecule has 4 atom stereocenters. The van der Waals surface area contributed by atoms with Gasteiger partial charge in [0.15, 0.2) is 0 Å². The molecule has 4 heteroatoms. The largest absolute Gasteiger partial charge is 0.376 e. The van der Waals surface area contributed by atoms with Gasteiger partial charge in [-0.2, -0.15) is 0 Å². The van der Waals surface area contributed by atoms with Gasteiger partial charge in [0, 0.05) is 7.11 Å². The quantitative estimate of drug-likeness (QED) is 0.760. The number of hydrogen-bond donors (Lipinski definition) is 0. The van der Waals surface area contributed by atoms with Gasteiger partial charge in [-0.1, -0.05) is 0 Å². The normalized spacial score (nSPS) is 33.3. The monoisotopic (exact) mass is 260 g/mol. The standard InChI is InChI=1S/C14H28O4/c1-9(2)17-13-11(8-16-14(4,5)6)18-10(3)12(13)15-7/h9-13H,8H2,1-7H3/t10-,11+,12+,13?/m0/s1. The van der Waals surface area contributed by atoms with Gasteiger partial charge < -0.3 is 18.9 Å². The van der Waals surface area contributed by atoms with E-state index in [1.807, 2.05) is 41.5 Å². The maximum Gasteiger partial charge on any atom is 0.115 e. The van der Waals surface area contributed by atoms with Crippen LogP contribution in [0.5, 0.6) is 0 Å². The average Bonchev–Trinajstić information content (AvgIpc) is 2.50. The van der Waals surface area contributed by atoms with Gasteiger partial charge in [0.05, 0.1) is 24.4 Å². The van der Waals surface area contributed by atoms with Crippen LogP contribution in [-0.2, 0) is 18.9 Å². The summed E-state index contributed by atoms with van der Waals surface area (Å²) in [4.78, 5) is 0. The fraction of sp³-hybridized carbons (Fsp3) is 1.00. The zero-order chi connectivity index (χ0) is 13.9. The minimum absolute atomic E-state index is 0.0269. The van der Waals surface area contributed by atoms with Gasteiger partial charge in [-0.3, -0.25) is 0 Å². The minimum atomic E-state index is -0.167. The second-order valence-electron chi connectivity index (χ2n) is 6.15. The maximum atomic E-state index is 5.93. The number of methoxy groups -OCH3 is 1. The Morgan fingerprint density at radius 2 is 1.78 bits per heavy atom. The van der Waals surface area contributed by atoms with E-state index in [0.29, 0.717) is 6.61 Å². The second-order valence-corrected chi connectivity index (χ2v) is 6.15. The highest BCUT2D eigenvalue weighted by atomic mass is 16.6. The molecule has 18 heavy (non-hydrogen) atoms. The molecule has 1 aliphatic rings. The lowest BCUT2D eigenvalue weighted by atomic mass is 10.1. The highest BCUT2D eigenvalue weighted by Gasteiger charge is 2.44. The fourth-order valence-electron chi connectivity index (χ4n) is 2.18. The summed E-state index contributed by atoms with van der Waals surface area (Å²) in [7, 11) is 1.70. The first-order chi connectivity index (χ1) is 8.24. The molecule has 4 nitrogen and oxygen atoms in total. The zero-order valence-electron chi connectivity index (χ0n) is 12.7. The lowest BCUT2D eigenvalue weighted by Gasteiger charge is -2.27. The van der Waals surface area contributed by atoms with Gasteiger partial charge in [-0.15, -0.1) is 0 Å². The van der Waals surface area contributed by atoms with Gasteiger partial charge >= 0.3 is 0 Å². The van der Waals surface area contributed by atoms with Crippen molar-refractivity contribution in [3.05, 3.63) is 0 Å². The van der Waals surface area contributed by atoms with Crippen molar-refractivity contribution in [2.24, 2.45) is 0 Å². The smallest absolute Gasteiger partial charge is 0.115 e. The molecule has 0 N–H and O–H groups in total. The van der Waals surface area contributed by atoms with E-state index >= 15 is 0 Å². The molecule has 1 saturated heterocycles. The van der Waals surface area contributed by atoms with E-state index in [1.165, 1.54) is 0 Å². The lowest BCUT2D eigenvalue weighted by Crippen LogP contribution is -2.40. The van der Waals surface area contributed by atoms with Crippen molar-refractivity contribution in [3.63, 3.8) is 0 Å². The van der Waals surface area contributed by atoms with Crippen LogP contribution in [0.1, 0.15) is 41.5 Å². The van der Waals surface area contributed by atoms with Gasteiger partial charge in [-0.25, -0.2) is 0 Å². The SMILES string of the molecule is CO[C@H]1C(OC(C)C)[C@@H](COC(C)(C)C)O[C@H]1C. The third-order valence-corrected chi connectivity index (χ3v) is 2.92. The summed E-state index contributed by atoms with van der Waals surface area (Å²) in [6.07, 6.45) is 0.0332. The molecular formula is C14H28O4. The van der Waals surface area contributed by atoms with E-state index in [9.17, 15) is 0 Å². The van der Waals surface area contributed by atoms with E-state index in [0.717, 1.165) is 0 Å². The second kappa shape index (κ2) is 6.33. The number of ether oxygens (including phenoxy) is 4. The van der Waals surface area contributed by atoms with Crippen LogP contribution in [0.15, 0.2) is 0 Å². The van der Waals surface area contributed by atoms with E-state index < -0.39 is 0 Å². The van der Waals surface area contributed by atoms with Crippen LogP contribution in [0.3, 0.4) is 0 Å². The van der Waals surface area contributed by atoms with Crippen LogP contribution in [-0.4, -0.2) is 49.8 Å². The summed E-state index contributed by atoms with van der Waals surface area (Å²) in [5.41, 5.74) is -0.167. The van der Waals surface area contributed by atoms with Gasteiger partial charge in [-0.05, 0) is 41.5 Å². The highest BCUT2D eigenvalue weighted by molar-refractivity contribution is 4.91. The molecule has 0 aromatic heterocycles. The molecule has 0 bridgehead atoms. The Morgan fingerprint density at radius 1 is 1.17 bits per heavy atom. The minimum Gasteiger partial charge on any atom is -0.376 e. The molecule has 1 rings (SSSR count). The van der Waals surface area contributed by atoms with E-state index in [-0.39, 0.29) is 36.1 Å². The zero-order valence-corrected chi connectivity index (χ0v) is 12.7. The third kappa shape index (κ3) is 4.50. The van der Waals surface area contributed by atoms with Crippen molar-refractivity contribution in [2.45, 2.75) is 77.7 Å². The summed E-state index contributed by atoms with van der Waals surface area (Å²) in [5.74, 6) is 0. The topological polar surface area (TPSA) is 36.9 Å². The van der Waals surface area contributed by atoms with Crippen LogP contribution in [0, 0.1) is 0 Å². The van der Waals surface area contributed by atoms with Crippen molar-refractivity contribution in [3.8, 4) is 0 Å². The predicted octanol–water partition coefficient (Wildman–Crippen LogP) is 2.40. The first-order valence-corrected chi connectivity index (χ1v) is 6.72. The van der Waals surface area contributed by atoms with Crippen LogP contribution in [0.25, 0.3) is 0 Å². The van der Waals surface area contributed by atoms with Crippen molar-refractivity contribution in [1.82, 2.24) is 0 Å². The molecule has 1 unspecified atom stereocenters. The fourth-order valence-corrected chi connectivity index (χ4v) is 2.18. The number of rotatable bonds is 5. The third-order valence-electron chi connectivity index (χ3n) is 2.92. The molecule has 1 heterocycles. The molecule has 0 spiro atoms. The highest BCUT2D eigenvalue weighted by Crippen LogP contribution is 2.28. The Labute approximate surface area is 111 Å². The van der Waals surface area contributed by atoms with Crippen molar-refractivity contribution >= 4 is 0 Å². The molecule has 0 aliphatic carbocycles. The van der Waals surface area contributed by atoms with Crippen LogP contribution >= 0.6 is 0 Å². The van der Waals surface area contributed by atoms with Crippen molar-refractivity contribution in [1.29, 1.82) is 0 Å². The van der Waals surface area contributed by atoms with Gasteiger partial charge in [0.1, 0.15) is 18.3 Å². The average molecular weight is 260 g/mol. The van der Waals surface area contributed by atoms with Gasteiger partial charge in [0.25, 0.3) is 0 Å². The number of hydrogen-bond acceptors (Lipinski definition) is 4. The molecule has 108 valence electrons. The summed E-state index contributed by atoms with van der Waals surface area (Å²) in [6.45, 7) is 12.7. The van der Waals surface area contributed by atoms with Crippen molar-refractivity contribution in [2.75, 3.05) is 13.7 Å². The Morgan fingerprint density at radius 3 is 2.22 bits per heavy atom. The van der Waals surface area contributed by atoms with E-state index in [1.54, 1.807) is 7.11 Å². The predicted molar refractivity (Wildman–Crippen MR) is 70.8 cm³/mol. The Bertz CT molecular complexity index is 247. The molecule has 0 radical (unpaired) electrons. The van der Waals surface area contributed by atoms with Crippen molar-refractivity contribution < 1.29 is 18.9 Å². The Kier molecular flexibility index (Phi) is 5.59. The summed E-state index contributed by atoms with van der Waals surface area (Å²) in [6, 6.07) is 0. The first kappa shape index (κ1) is 15.9. The molecule has 0 aromatic carbocycles. The molecule has 1 fully saturated rings. The summed E-state index contributed by atoms with van der Waals surface area (Å²) < 4.78 is 23.1. The Hall–Kier alpha value is -0.160. The molecule has 0 saturated carbocycles. The summed E-state index contributed by atoms with van der Waals surface area (Å²) >= 11 is 0. The molecular weight excluding hydrogens is 232 g/mol. The first-order valence-electron chi connectivity index (χ1n) is 6.72. The van der Waals surface area contributed by atoms with Crippen LogP contribution in [0.2, 0.25) is 0 Å². The van der Waals surface area contributed by atoms with Crippen LogP contribution < -0.4 is 0 Å². The Balaban J connectivity index is 2.64. The lowest BCUT2D eigenvalue weighted by molar-refractivity contribution is -0.113. The maximum absolute atomic E-state index is 5.93. The van der Waals surface area contributed by atoms with E-state index in [2.05, 4.69) is 0 Å². The van der Waals surface area contributed by atoms with Gasteiger partial charge in [0.2, 0.25) is 0 Å².